The third-order valence-electron chi connectivity index (χ3n) is 4.30. The van der Waals surface area contributed by atoms with Gasteiger partial charge in [-0.2, -0.15) is 10.5 Å². The SMILES string of the molecule is Cc1ccc(F)c2c1CCCN2CC(=O)N(CCC#N)CCC#N. The summed E-state index contributed by atoms with van der Waals surface area (Å²) in [5.41, 5.74) is 2.53. The highest BCUT2D eigenvalue weighted by Crippen LogP contribution is 2.32. The number of rotatable bonds is 6. The van der Waals surface area contributed by atoms with E-state index in [-0.39, 0.29) is 31.1 Å². The highest BCUT2D eigenvalue weighted by Gasteiger charge is 2.25. The minimum absolute atomic E-state index is 0.0736. The van der Waals surface area contributed by atoms with Crippen LogP contribution in [0.3, 0.4) is 0 Å². The van der Waals surface area contributed by atoms with Crippen LogP contribution < -0.4 is 4.90 Å². The molecule has 6 heteroatoms. The Bertz CT molecular complexity index is 671. The molecule has 1 heterocycles. The molecule has 126 valence electrons. The summed E-state index contributed by atoms with van der Waals surface area (Å²) in [6.45, 7) is 3.26. The van der Waals surface area contributed by atoms with Gasteiger partial charge in [0.25, 0.3) is 0 Å². The van der Waals surface area contributed by atoms with Gasteiger partial charge < -0.3 is 9.80 Å². The molecule has 1 aromatic rings. The van der Waals surface area contributed by atoms with E-state index in [0.29, 0.717) is 25.3 Å². The van der Waals surface area contributed by atoms with Crippen molar-refractivity contribution in [1.29, 1.82) is 10.5 Å². The molecule has 0 bridgehead atoms. The number of fused-ring (bicyclic) bond motifs is 1. The largest absolute Gasteiger partial charge is 0.360 e. The average molecular weight is 328 g/mol. The van der Waals surface area contributed by atoms with E-state index in [1.807, 2.05) is 19.1 Å². The molecule has 1 amide bonds. The number of nitriles is 2. The number of anilines is 1. The molecule has 0 aromatic heterocycles. The summed E-state index contributed by atoms with van der Waals surface area (Å²) < 4.78 is 14.3. The van der Waals surface area contributed by atoms with Crippen LogP contribution in [0.15, 0.2) is 12.1 Å². The van der Waals surface area contributed by atoms with Gasteiger partial charge in [0.05, 0.1) is 37.2 Å². The van der Waals surface area contributed by atoms with Crippen molar-refractivity contribution in [2.45, 2.75) is 32.6 Å². The van der Waals surface area contributed by atoms with Crippen LogP contribution in [0.25, 0.3) is 0 Å². The fourth-order valence-electron chi connectivity index (χ4n) is 3.08. The molecule has 1 aromatic carbocycles. The smallest absolute Gasteiger partial charge is 0.242 e. The molecule has 1 aliphatic heterocycles. The summed E-state index contributed by atoms with van der Waals surface area (Å²) >= 11 is 0. The Morgan fingerprint density at radius 1 is 1.29 bits per heavy atom. The number of hydrogen-bond acceptors (Lipinski definition) is 4. The second kappa shape index (κ2) is 8.31. The van der Waals surface area contributed by atoms with Gasteiger partial charge in [0.15, 0.2) is 0 Å². The van der Waals surface area contributed by atoms with Crippen LogP contribution >= 0.6 is 0 Å². The van der Waals surface area contributed by atoms with E-state index in [9.17, 15) is 9.18 Å². The van der Waals surface area contributed by atoms with Crippen molar-refractivity contribution >= 4 is 11.6 Å². The first-order valence-corrected chi connectivity index (χ1v) is 8.13. The predicted molar refractivity (Wildman–Crippen MR) is 88.7 cm³/mol. The van der Waals surface area contributed by atoms with Gasteiger partial charge in [0.2, 0.25) is 5.91 Å². The molecule has 0 spiro atoms. The molecule has 0 fully saturated rings. The summed E-state index contributed by atoms with van der Waals surface area (Å²) in [7, 11) is 0. The molecule has 0 saturated carbocycles. The first kappa shape index (κ1) is 17.7. The van der Waals surface area contributed by atoms with E-state index in [0.717, 1.165) is 24.0 Å². The summed E-state index contributed by atoms with van der Waals surface area (Å²) in [6, 6.07) is 7.24. The van der Waals surface area contributed by atoms with Crippen LogP contribution in [0.5, 0.6) is 0 Å². The third-order valence-corrected chi connectivity index (χ3v) is 4.30. The fraction of sp³-hybridized carbons (Fsp3) is 0.500. The van der Waals surface area contributed by atoms with E-state index >= 15 is 0 Å². The van der Waals surface area contributed by atoms with E-state index in [4.69, 9.17) is 10.5 Å². The van der Waals surface area contributed by atoms with E-state index < -0.39 is 0 Å². The zero-order valence-electron chi connectivity index (χ0n) is 13.9. The van der Waals surface area contributed by atoms with Crippen molar-refractivity contribution in [1.82, 2.24) is 4.90 Å². The number of benzene rings is 1. The van der Waals surface area contributed by atoms with E-state index in [1.54, 1.807) is 11.0 Å². The zero-order valence-corrected chi connectivity index (χ0v) is 13.9. The van der Waals surface area contributed by atoms with Crippen molar-refractivity contribution in [2.24, 2.45) is 0 Å². The Hall–Kier alpha value is -2.60. The van der Waals surface area contributed by atoms with Gasteiger partial charge in [0.1, 0.15) is 5.82 Å². The molecule has 5 nitrogen and oxygen atoms in total. The maximum Gasteiger partial charge on any atom is 0.242 e. The molecule has 0 unspecified atom stereocenters. The van der Waals surface area contributed by atoms with Crippen molar-refractivity contribution < 1.29 is 9.18 Å². The first-order valence-electron chi connectivity index (χ1n) is 8.13. The number of hydrogen-bond donors (Lipinski definition) is 0. The van der Waals surface area contributed by atoms with Crippen molar-refractivity contribution in [3.63, 3.8) is 0 Å². The summed E-state index contributed by atoms with van der Waals surface area (Å²) in [5.74, 6) is -0.474. The average Bonchev–Trinajstić information content (AvgIpc) is 2.58. The predicted octanol–water partition coefficient (Wildman–Crippen LogP) is 2.54. The highest BCUT2D eigenvalue weighted by atomic mass is 19.1. The summed E-state index contributed by atoms with van der Waals surface area (Å²) in [5, 5.41) is 17.5. The van der Waals surface area contributed by atoms with Crippen LogP contribution in [0, 0.1) is 35.4 Å². The number of nitrogens with zero attached hydrogens (tertiary/aromatic N) is 4. The fourth-order valence-corrected chi connectivity index (χ4v) is 3.08. The molecule has 0 radical (unpaired) electrons. The Morgan fingerprint density at radius 3 is 2.58 bits per heavy atom. The molecule has 0 atom stereocenters. The van der Waals surface area contributed by atoms with Crippen molar-refractivity contribution in [3.05, 3.63) is 29.1 Å². The molecule has 0 N–H and O–H groups in total. The molecule has 0 aliphatic carbocycles. The Kier molecular flexibility index (Phi) is 6.14. The van der Waals surface area contributed by atoms with Crippen LogP contribution in [0.2, 0.25) is 0 Å². The Balaban J connectivity index is 2.16. The first-order chi connectivity index (χ1) is 11.6. The van der Waals surface area contributed by atoms with Gasteiger partial charge in [-0.05, 0) is 37.0 Å². The maximum absolute atomic E-state index is 14.3. The van der Waals surface area contributed by atoms with E-state index in [1.165, 1.54) is 11.0 Å². The number of halogens is 1. The molecular weight excluding hydrogens is 307 g/mol. The van der Waals surface area contributed by atoms with E-state index in [2.05, 4.69) is 0 Å². The zero-order chi connectivity index (χ0) is 17.5. The molecule has 24 heavy (non-hydrogen) atoms. The minimum atomic E-state index is -0.302. The Morgan fingerprint density at radius 2 is 1.96 bits per heavy atom. The number of carbonyl (C=O) groups excluding carboxylic acids is 1. The van der Waals surface area contributed by atoms with Gasteiger partial charge in [0, 0.05) is 19.6 Å². The van der Waals surface area contributed by atoms with Gasteiger partial charge in [-0.25, -0.2) is 4.39 Å². The van der Waals surface area contributed by atoms with Crippen LogP contribution in [-0.2, 0) is 11.2 Å². The van der Waals surface area contributed by atoms with Gasteiger partial charge in [-0.3, -0.25) is 4.79 Å². The summed E-state index contributed by atoms with van der Waals surface area (Å²) in [4.78, 5) is 15.9. The lowest BCUT2D eigenvalue weighted by Crippen LogP contribution is -2.43. The van der Waals surface area contributed by atoms with Gasteiger partial charge in [-0.1, -0.05) is 6.07 Å². The minimum Gasteiger partial charge on any atom is -0.360 e. The van der Waals surface area contributed by atoms with Crippen molar-refractivity contribution in [3.8, 4) is 12.1 Å². The number of amides is 1. The quantitative estimate of drug-likeness (QED) is 0.804. The van der Waals surface area contributed by atoms with Crippen LogP contribution in [0.4, 0.5) is 10.1 Å². The topological polar surface area (TPSA) is 71.1 Å². The number of carbonyl (C=O) groups is 1. The maximum atomic E-state index is 14.3. The second-order valence-electron chi connectivity index (χ2n) is 5.91. The monoisotopic (exact) mass is 328 g/mol. The molecule has 2 rings (SSSR count). The van der Waals surface area contributed by atoms with Crippen LogP contribution in [0.1, 0.15) is 30.4 Å². The molecule has 1 aliphatic rings. The Labute approximate surface area is 141 Å². The van der Waals surface area contributed by atoms with Gasteiger partial charge >= 0.3 is 0 Å². The number of aryl methyl sites for hydroxylation is 1. The molecule has 0 saturated heterocycles. The standard InChI is InChI=1S/C18H21FN4O/c1-14-6-7-16(19)18-15(14)5-2-10-23(18)13-17(24)22(11-3-8-20)12-4-9-21/h6-7H,2-5,10-13H2,1H3. The lowest BCUT2D eigenvalue weighted by Gasteiger charge is -2.33. The lowest BCUT2D eigenvalue weighted by molar-refractivity contribution is -0.129. The van der Waals surface area contributed by atoms with Crippen LogP contribution in [-0.4, -0.2) is 37.0 Å². The normalized spacial score (nSPS) is 12.9. The molecular formula is C18H21FN4O. The lowest BCUT2D eigenvalue weighted by atomic mass is 9.96. The summed E-state index contributed by atoms with van der Waals surface area (Å²) in [6.07, 6.45) is 2.14. The van der Waals surface area contributed by atoms with Crippen molar-refractivity contribution in [2.75, 3.05) is 31.1 Å². The third kappa shape index (κ3) is 4.02. The highest BCUT2D eigenvalue weighted by molar-refractivity contribution is 5.82. The second-order valence-corrected chi connectivity index (χ2v) is 5.91. The van der Waals surface area contributed by atoms with Gasteiger partial charge in [-0.15, -0.1) is 0 Å².